The van der Waals surface area contributed by atoms with Gasteiger partial charge in [0.1, 0.15) is 0 Å². The molecule has 0 spiro atoms. The first-order valence-electron chi connectivity index (χ1n) is 10.8. The Morgan fingerprint density at radius 3 is 2.20 bits per heavy atom. The highest BCUT2D eigenvalue weighted by Gasteiger charge is 2.22. The number of amides is 2. The lowest BCUT2D eigenvalue weighted by Gasteiger charge is -2.16. The van der Waals surface area contributed by atoms with Crippen LogP contribution in [0.2, 0.25) is 0 Å². The number of sulfonamides is 1. The molecular weight excluding hydrogens is 468 g/mol. The van der Waals surface area contributed by atoms with E-state index in [9.17, 15) is 18.0 Å². The summed E-state index contributed by atoms with van der Waals surface area (Å²) < 4.78 is 30.5. The molecule has 2 amide bonds. The van der Waals surface area contributed by atoms with Gasteiger partial charge in [0.25, 0.3) is 15.9 Å². The highest BCUT2D eigenvalue weighted by Crippen LogP contribution is 2.28. The van der Waals surface area contributed by atoms with Crippen LogP contribution in [0.25, 0.3) is 0 Å². The first kappa shape index (κ1) is 25.5. The van der Waals surface area contributed by atoms with E-state index in [0.717, 1.165) is 11.3 Å². The van der Waals surface area contributed by atoms with Crippen molar-refractivity contribution in [3.05, 3.63) is 72.1 Å². The van der Waals surface area contributed by atoms with Gasteiger partial charge < -0.3 is 10.2 Å². The monoisotopic (exact) mass is 497 g/mol. The number of pyridine rings is 1. The fourth-order valence-corrected chi connectivity index (χ4v) is 4.76. The molecule has 3 rings (SSSR count). The summed E-state index contributed by atoms with van der Waals surface area (Å²) in [5.74, 6) is -0.270. The van der Waals surface area contributed by atoms with Crippen molar-refractivity contribution < 1.29 is 22.6 Å². The van der Waals surface area contributed by atoms with Crippen LogP contribution in [-0.4, -0.2) is 34.8 Å². The van der Waals surface area contributed by atoms with Gasteiger partial charge in [0.2, 0.25) is 13.0 Å². The van der Waals surface area contributed by atoms with Crippen LogP contribution in [0, 0.1) is 13.8 Å². The Morgan fingerprint density at radius 1 is 0.971 bits per heavy atom. The van der Waals surface area contributed by atoms with E-state index in [4.69, 9.17) is 0 Å². The minimum absolute atomic E-state index is 0.0613. The van der Waals surface area contributed by atoms with E-state index in [0.29, 0.717) is 29.0 Å². The normalized spacial score (nSPS) is 10.9. The lowest BCUT2D eigenvalue weighted by Crippen LogP contribution is -2.39. The Morgan fingerprint density at radius 2 is 1.60 bits per heavy atom. The molecule has 0 bridgehead atoms. The number of carbonyl (C=O) groups is 2. The van der Waals surface area contributed by atoms with Crippen LogP contribution in [-0.2, 0) is 26.2 Å². The van der Waals surface area contributed by atoms with Crippen molar-refractivity contribution >= 4 is 45.1 Å². The van der Waals surface area contributed by atoms with Crippen LogP contribution < -0.4 is 30.4 Å². The Hall–Kier alpha value is -4.12. The van der Waals surface area contributed by atoms with Crippen LogP contribution >= 0.6 is 0 Å². The molecule has 0 saturated heterocycles. The summed E-state index contributed by atoms with van der Waals surface area (Å²) in [6.45, 7) is 3.56. The van der Waals surface area contributed by atoms with E-state index >= 15 is 0 Å². The van der Waals surface area contributed by atoms with Crippen LogP contribution in [0.4, 0.5) is 22.7 Å². The zero-order valence-corrected chi connectivity index (χ0v) is 20.8. The molecule has 11 heteroatoms. The Kier molecular flexibility index (Phi) is 7.92. The van der Waals surface area contributed by atoms with Gasteiger partial charge in [0.15, 0.2) is 12.4 Å². The first-order valence-corrected chi connectivity index (χ1v) is 12.2. The van der Waals surface area contributed by atoms with Gasteiger partial charge in [-0.05, 0) is 55.3 Å². The molecule has 184 valence electrons. The Labute approximate surface area is 205 Å². The number of nitrogens with zero attached hydrogens (tertiary/aromatic N) is 2. The summed E-state index contributed by atoms with van der Waals surface area (Å²) >= 11 is 0. The van der Waals surface area contributed by atoms with Crippen molar-refractivity contribution in [2.24, 2.45) is 0 Å². The van der Waals surface area contributed by atoms with Crippen LogP contribution in [0.5, 0.6) is 0 Å². The number of anilines is 4. The predicted octanol–water partition coefficient (Wildman–Crippen LogP) is 2.17. The molecule has 1 aromatic heterocycles. The molecule has 0 atom stereocenters. The summed E-state index contributed by atoms with van der Waals surface area (Å²) in [6.07, 6.45) is 4.12. The van der Waals surface area contributed by atoms with Crippen molar-refractivity contribution in [3.63, 3.8) is 0 Å². The minimum Gasteiger partial charge on any atom is -0.377 e. The van der Waals surface area contributed by atoms with Gasteiger partial charge in [-0.25, -0.2) is 8.42 Å². The van der Waals surface area contributed by atoms with Crippen molar-refractivity contribution in [3.8, 4) is 0 Å². The summed E-state index contributed by atoms with van der Waals surface area (Å²) in [7, 11) is -0.0479. The molecule has 0 aliphatic carbocycles. The third-order valence-electron chi connectivity index (χ3n) is 5.31. The molecule has 35 heavy (non-hydrogen) atoms. The number of aromatic nitrogens is 1. The van der Waals surface area contributed by atoms with Gasteiger partial charge in [-0.15, -0.1) is 0 Å². The van der Waals surface area contributed by atoms with E-state index in [1.54, 1.807) is 41.8 Å². The third kappa shape index (κ3) is 6.48. The van der Waals surface area contributed by atoms with Crippen molar-refractivity contribution in [1.29, 1.82) is 0 Å². The number of rotatable bonds is 10. The molecule has 3 aromatic rings. The first-order chi connectivity index (χ1) is 16.6. The number of aryl methyl sites for hydroxylation is 1. The average molecular weight is 498 g/mol. The van der Waals surface area contributed by atoms with E-state index in [-0.39, 0.29) is 17.3 Å². The highest BCUT2D eigenvalue weighted by atomic mass is 32.2. The molecule has 0 radical (unpaired) electrons. The summed E-state index contributed by atoms with van der Waals surface area (Å²) in [5, 5.41) is 2.86. The Balaban J connectivity index is 1.76. The molecule has 0 fully saturated rings. The summed E-state index contributed by atoms with van der Waals surface area (Å²) in [6, 6.07) is 13.4. The van der Waals surface area contributed by atoms with Crippen LogP contribution in [0.3, 0.4) is 0 Å². The summed E-state index contributed by atoms with van der Waals surface area (Å²) in [5.41, 5.74) is 8.56. The molecule has 2 aromatic carbocycles. The highest BCUT2D eigenvalue weighted by molar-refractivity contribution is 7.92. The molecule has 0 unspecified atom stereocenters. The van der Waals surface area contributed by atoms with Crippen molar-refractivity contribution in [2.45, 2.75) is 25.3 Å². The predicted molar refractivity (Wildman–Crippen MR) is 136 cm³/mol. The molecule has 0 saturated carbocycles. The number of hydrazine groups is 1. The van der Waals surface area contributed by atoms with Crippen molar-refractivity contribution in [2.75, 3.05) is 34.5 Å². The summed E-state index contributed by atoms with van der Waals surface area (Å²) in [4.78, 5) is 25.1. The number of hydrogen-bond donors (Lipinski definition) is 4. The van der Waals surface area contributed by atoms with E-state index in [2.05, 4.69) is 20.9 Å². The average Bonchev–Trinajstić information content (AvgIpc) is 2.81. The molecular formula is C24H29N6O4S+. The molecule has 4 N–H and O–H groups in total. The number of nitrogens with one attached hydrogen (secondary N) is 4. The Bertz CT molecular complexity index is 1310. The standard InChI is InChI=1S/C24H28N6O4S/c1-17-5-10-22(35(33,34)28-20-8-6-19(7-9-20)27-25-16-31)18(2)24(17)26-23(32)15-30-13-11-21(12-14-30)29(3)4/h5-14,16,27-28H,15H2,1-4H3,(H-,25,26,31,32)/p+1. The lowest BCUT2D eigenvalue weighted by molar-refractivity contribution is -0.684. The second kappa shape index (κ2) is 10.9. The van der Waals surface area contributed by atoms with Gasteiger partial charge in [-0.1, -0.05) is 6.07 Å². The minimum atomic E-state index is -3.92. The quantitative estimate of drug-likeness (QED) is 0.193. The van der Waals surface area contributed by atoms with Crippen LogP contribution in [0.1, 0.15) is 11.1 Å². The van der Waals surface area contributed by atoms with Gasteiger partial charge >= 0.3 is 0 Å². The van der Waals surface area contributed by atoms with E-state index in [1.807, 2.05) is 50.4 Å². The van der Waals surface area contributed by atoms with Gasteiger partial charge in [0.05, 0.1) is 10.6 Å². The lowest BCUT2D eigenvalue weighted by atomic mass is 10.1. The number of hydrogen-bond acceptors (Lipinski definition) is 6. The molecule has 10 nitrogen and oxygen atoms in total. The zero-order valence-electron chi connectivity index (χ0n) is 20.0. The topological polar surface area (TPSA) is 124 Å². The fraction of sp³-hybridized carbons (Fsp3) is 0.208. The van der Waals surface area contributed by atoms with Gasteiger partial charge in [0, 0.05) is 43.3 Å². The van der Waals surface area contributed by atoms with E-state index < -0.39 is 10.0 Å². The SMILES string of the molecule is Cc1ccc(S(=O)(=O)Nc2ccc(NNC=O)cc2)c(C)c1NC(=O)C[n+]1ccc(N(C)C)cc1. The zero-order chi connectivity index (χ0) is 25.6. The molecule has 0 aliphatic heterocycles. The third-order valence-corrected chi connectivity index (χ3v) is 6.83. The second-order valence-electron chi connectivity index (χ2n) is 8.12. The maximum Gasteiger partial charge on any atom is 0.290 e. The van der Waals surface area contributed by atoms with Crippen molar-refractivity contribution in [1.82, 2.24) is 5.43 Å². The molecule has 1 heterocycles. The maximum absolute atomic E-state index is 13.1. The second-order valence-corrected chi connectivity index (χ2v) is 9.77. The van der Waals surface area contributed by atoms with Gasteiger partial charge in [-0.3, -0.25) is 25.2 Å². The fourth-order valence-electron chi connectivity index (χ4n) is 3.45. The largest absolute Gasteiger partial charge is 0.377 e. The number of carbonyl (C=O) groups excluding carboxylic acids is 2. The van der Waals surface area contributed by atoms with Crippen LogP contribution in [0.15, 0.2) is 65.8 Å². The number of benzene rings is 2. The smallest absolute Gasteiger partial charge is 0.290 e. The molecule has 0 aliphatic rings. The van der Waals surface area contributed by atoms with Gasteiger partial charge in [-0.2, -0.15) is 4.57 Å². The maximum atomic E-state index is 13.1. The van der Waals surface area contributed by atoms with E-state index in [1.165, 1.54) is 6.07 Å².